The lowest BCUT2D eigenvalue weighted by atomic mass is 9.70. The van der Waals surface area contributed by atoms with E-state index in [4.69, 9.17) is 0 Å². The lowest BCUT2D eigenvalue weighted by molar-refractivity contribution is -0.124. The highest BCUT2D eigenvalue weighted by Gasteiger charge is 2.64. The van der Waals surface area contributed by atoms with E-state index >= 15 is 0 Å². The van der Waals surface area contributed by atoms with Crippen LogP contribution in [-0.4, -0.2) is 11.6 Å². The fourth-order valence-electron chi connectivity index (χ4n) is 6.81. The van der Waals surface area contributed by atoms with Gasteiger partial charge >= 0.3 is 0 Å². The molecule has 4 rings (SSSR count). The Balaban J connectivity index is 1.43. The lowest BCUT2D eigenvalue weighted by Gasteiger charge is -2.32. The van der Waals surface area contributed by atoms with E-state index in [0.29, 0.717) is 12.2 Å². The van der Waals surface area contributed by atoms with Crippen LogP contribution in [0.4, 0.5) is 0 Å². The molecule has 166 valence electrons. The number of hydrogen-bond donors (Lipinski definition) is 0. The van der Waals surface area contributed by atoms with Gasteiger partial charge in [-0.05, 0) is 56.9 Å². The molecule has 0 N–H and O–H groups in total. The monoisotopic (exact) mass is 418 g/mol. The Morgan fingerprint density at radius 1 is 1.03 bits per heavy atom. The van der Waals surface area contributed by atoms with Crippen LogP contribution in [0.1, 0.15) is 107 Å². The van der Waals surface area contributed by atoms with Crippen molar-refractivity contribution >= 4 is 11.6 Å². The highest BCUT2D eigenvalue weighted by molar-refractivity contribution is 5.96. The van der Waals surface area contributed by atoms with E-state index in [9.17, 15) is 9.59 Å². The molecule has 2 nitrogen and oxygen atoms in total. The highest BCUT2D eigenvalue weighted by atomic mass is 16.1. The van der Waals surface area contributed by atoms with Gasteiger partial charge in [0.25, 0.3) is 0 Å². The third-order valence-corrected chi connectivity index (χ3v) is 8.21. The quantitative estimate of drug-likeness (QED) is 0.256. The Kier molecular flexibility index (Phi) is 6.65. The van der Waals surface area contributed by atoms with Gasteiger partial charge in [-0.15, -0.1) is 0 Å². The average molecular weight is 419 g/mol. The molecule has 31 heavy (non-hydrogen) atoms. The van der Waals surface area contributed by atoms with Crippen LogP contribution in [0.25, 0.3) is 0 Å². The number of allylic oxidation sites excluding steroid dienone is 3. The standard InChI is InChI=1S/C29H38O2/c1-3-4-5-7-13-22(2)27-24-16-12-18-28(24)20-26(31)29(27,21-28)19-11-10-17-25(30)23-14-8-6-9-15-23/h6,8-9,14-15H,2-5,7,10-13,16-21H2,1H3/t28-,29+/m1/s1. The molecule has 0 unspecified atom stereocenters. The van der Waals surface area contributed by atoms with Crippen molar-refractivity contribution in [1.29, 1.82) is 0 Å². The number of Topliss-reactive ketones (excluding diaryl/α,β-unsaturated/α-hetero) is 2. The minimum Gasteiger partial charge on any atom is -0.299 e. The first-order chi connectivity index (χ1) is 15.0. The zero-order valence-corrected chi connectivity index (χ0v) is 19.3. The molecule has 3 aliphatic carbocycles. The maximum Gasteiger partial charge on any atom is 0.162 e. The van der Waals surface area contributed by atoms with Crippen LogP contribution in [-0.2, 0) is 4.79 Å². The number of carbonyl (C=O) groups excluding carboxylic acids is 2. The van der Waals surface area contributed by atoms with E-state index < -0.39 is 0 Å². The molecular formula is C29H38O2. The fourth-order valence-corrected chi connectivity index (χ4v) is 6.81. The molecule has 2 saturated carbocycles. The zero-order chi connectivity index (χ0) is 21.9. The molecule has 0 aliphatic heterocycles. The number of rotatable bonds is 12. The smallest absolute Gasteiger partial charge is 0.162 e. The molecule has 0 aromatic heterocycles. The first-order valence-corrected chi connectivity index (χ1v) is 12.6. The van der Waals surface area contributed by atoms with Crippen molar-refractivity contribution in [3.05, 3.63) is 59.2 Å². The molecule has 0 amide bonds. The second-order valence-electron chi connectivity index (χ2n) is 10.3. The van der Waals surface area contributed by atoms with Crippen molar-refractivity contribution in [2.24, 2.45) is 10.8 Å². The summed E-state index contributed by atoms with van der Waals surface area (Å²) in [7, 11) is 0. The summed E-state index contributed by atoms with van der Waals surface area (Å²) in [6.45, 7) is 6.77. The summed E-state index contributed by atoms with van der Waals surface area (Å²) in [5, 5.41) is 0. The van der Waals surface area contributed by atoms with Crippen molar-refractivity contribution < 1.29 is 9.59 Å². The Bertz CT molecular complexity index is 877. The van der Waals surface area contributed by atoms with Crippen LogP contribution < -0.4 is 0 Å². The third-order valence-electron chi connectivity index (χ3n) is 8.21. The summed E-state index contributed by atoms with van der Waals surface area (Å²) < 4.78 is 0. The molecule has 2 atom stereocenters. The van der Waals surface area contributed by atoms with E-state index in [-0.39, 0.29) is 16.6 Å². The normalized spacial score (nSPS) is 26.5. The summed E-state index contributed by atoms with van der Waals surface area (Å²) in [4.78, 5) is 25.9. The van der Waals surface area contributed by atoms with Gasteiger partial charge in [0.05, 0.1) is 5.41 Å². The van der Waals surface area contributed by atoms with Crippen molar-refractivity contribution in [1.82, 2.24) is 0 Å². The van der Waals surface area contributed by atoms with E-state index in [1.54, 1.807) is 5.57 Å². The van der Waals surface area contributed by atoms with Gasteiger partial charge in [0, 0.05) is 23.8 Å². The van der Waals surface area contributed by atoms with Crippen molar-refractivity contribution in [3.63, 3.8) is 0 Å². The van der Waals surface area contributed by atoms with Crippen molar-refractivity contribution in [3.8, 4) is 0 Å². The Hall–Kier alpha value is -1.96. The molecule has 1 spiro atoms. The maximum atomic E-state index is 13.4. The number of unbranched alkanes of at least 4 members (excludes halogenated alkanes) is 4. The molecule has 2 fully saturated rings. The van der Waals surface area contributed by atoms with Crippen LogP contribution in [0.5, 0.6) is 0 Å². The molecule has 2 bridgehead atoms. The molecular weight excluding hydrogens is 380 g/mol. The highest BCUT2D eigenvalue weighted by Crippen LogP contribution is 2.70. The maximum absolute atomic E-state index is 13.4. The van der Waals surface area contributed by atoms with Gasteiger partial charge in [0.2, 0.25) is 0 Å². The average Bonchev–Trinajstić information content (AvgIpc) is 3.38. The number of benzene rings is 1. The van der Waals surface area contributed by atoms with Crippen LogP contribution in [0.3, 0.4) is 0 Å². The Labute approximate surface area is 188 Å². The van der Waals surface area contributed by atoms with Gasteiger partial charge in [0.1, 0.15) is 5.78 Å². The first kappa shape index (κ1) is 22.2. The number of hydrogen-bond acceptors (Lipinski definition) is 2. The molecule has 0 radical (unpaired) electrons. The fraction of sp³-hybridized carbons (Fsp3) is 0.586. The van der Waals surface area contributed by atoms with Gasteiger partial charge in [-0.25, -0.2) is 0 Å². The third kappa shape index (κ3) is 4.11. The Morgan fingerprint density at radius 3 is 2.58 bits per heavy atom. The number of fused-ring (bicyclic) bond motifs is 1. The molecule has 1 aromatic rings. The van der Waals surface area contributed by atoms with Crippen LogP contribution in [0.2, 0.25) is 0 Å². The SMILES string of the molecule is C=C(CCCCCC)C1=C2CCC[C@]23CC(=O)[C@]1(CCCCC(=O)c1ccccc1)C3. The predicted molar refractivity (Wildman–Crippen MR) is 127 cm³/mol. The lowest BCUT2D eigenvalue weighted by Crippen LogP contribution is -2.30. The van der Waals surface area contributed by atoms with Gasteiger partial charge in [-0.2, -0.15) is 0 Å². The van der Waals surface area contributed by atoms with E-state index in [1.165, 1.54) is 56.1 Å². The number of ketones is 2. The second kappa shape index (κ2) is 9.27. The summed E-state index contributed by atoms with van der Waals surface area (Å²) in [6.07, 6.45) is 14.7. The number of carbonyl (C=O) groups is 2. The largest absolute Gasteiger partial charge is 0.299 e. The van der Waals surface area contributed by atoms with E-state index in [1.807, 2.05) is 30.3 Å². The van der Waals surface area contributed by atoms with Crippen LogP contribution in [0, 0.1) is 10.8 Å². The molecule has 0 heterocycles. The first-order valence-electron chi connectivity index (χ1n) is 12.6. The summed E-state index contributed by atoms with van der Waals surface area (Å²) >= 11 is 0. The van der Waals surface area contributed by atoms with Gasteiger partial charge in [0.15, 0.2) is 5.78 Å². The molecule has 0 saturated heterocycles. The minimum atomic E-state index is -0.284. The minimum absolute atomic E-state index is 0.165. The van der Waals surface area contributed by atoms with E-state index in [0.717, 1.165) is 44.1 Å². The summed E-state index contributed by atoms with van der Waals surface area (Å²) in [5.74, 6) is 0.687. The topological polar surface area (TPSA) is 34.1 Å². The van der Waals surface area contributed by atoms with Gasteiger partial charge < -0.3 is 0 Å². The molecule has 3 aliphatic rings. The summed E-state index contributed by atoms with van der Waals surface area (Å²) in [5.41, 5.74) is 4.92. The van der Waals surface area contributed by atoms with Crippen molar-refractivity contribution in [2.75, 3.05) is 0 Å². The summed E-state index contributed by atoms with van der Waals surface area (Å²) in [6, 6.07) is 9.58. The molecule has 2 heteroatoms. The van der Waals surface area contributed by atoms with Crippen molar-refractivity contribution in [2.45, 2.75) is 96.8 Å². The second-order valence-corrected chi connectivity index (χ2v) is 10.3. The molecule has 1 aromatic carbocycles. The van der Waals surface area contributed by atoms with Crippen LogP contribution in [0.15, 0.2) is 53.6 Å². The van der Waals surface area contributed by atoms with Gasteiger partial charge in [-0.1, -0.05) is 80.7 Å². The van der Waals surface area contributed by atoms with E-state index in [2.05, 4.69) is 13.5 Å². The Morgan fingerprint density at radius 2 is 1.81 bits per heavy atom. The van der Waals surface area contributed by atoms with Crippen LogP contribution >= 0.6 is 0 Å². The zero-order valence-electron chi connectivity index (χ0n) is 19.3. The van der Waals surface area contributed by atoms with Gasteiger partial charge in [-0.3, -0.25) is 9.59 Å². The predicted octanol–water partition coefficient (Wildman–Crippen LogP) is 7.79.